The normalized spacial score (nSPS) is 17.2. The SMILES string of the molecule is CNCCCOc1ccc(-c2ccc(Cc3cc4c(=O)n([C@H]5CCOC[C@@H]5O)cnc4c4ccccc34)cn2)cn1. The quantitative estimate of drug-likeness (QED) is 0.210. The molecule has 0 unspecified atom stereocenters. The number of fused-ring (bicyclic) bond motifs is 3. The van der Waals surface area contributed by atoms with Crippen LogP contribution in [-0.4, -0.2) is 64.1 Å². The lowest BCUT2D eigenvalue weighted by Gasteiger charge is -2.29. The van der Waals surface area contributed by atoms with E-state index >= 15 is 0 Å². The Hall–Kier alpha value is -4.18. The number of pyridine rings is 2. The van der Waals surface area contributed by atoms with E-state index in [9.17, 15) is 9.90 Å². The molecule has 2 aromatic carbocycles. The van der Waals surface area contributed by atoms with Crippen molar-refractivity contribution in [3.05, 3.63) is 94.8 Å². The van der Waals surface area contributed by atoms with Crippen molar-refractivity contribution < 1.29 is 14.6 Å². The molecule has 0 radical (unpaired) electrons. The summed E-state index contributed by atoms with van der Waals surface area (Å²) in [5, 5.41) is 16.1. The van der Waals surface area contributed by atoms with Crippen molar-refractivity contribution >= 4 is 21.7 Å². The zero-order chi connectivity index (χ0) is 28.2. The van der Waals surface area contributed by atoms with Crippen molar-refractivity contribution in [3.8, 4) is 17.1 Å². The maximum atomic E-state index is 13.7. The average Bonchev–Trinajstić information content (AvgIpc) is 3.01. The molecular formula is C32H33N5O4. The first kappa shape index (κ1) is 27.0. The summed E-state index contributed by atoms with van der Waals surface area (Å²) in [6.07, 6.45) is 6.56. The van der Waals surface area contributed by atoms with Gasteiger partial charge in [0.1, 0.15) is 0 Å². The highest BCUT2D eigenvalue weighted by Gasteiger charge is 2.27. The summed E-state index contributed by atoms with van der Waals surface area (Å²) in [4.78, 5) is 27.5. The van der Waals surface area contributed by atoms with Gasteiger partial charge in [-0.3, -0.25) is 14.3 Å². The summed E-state index contributed by atoms with van der Waals surface area (Å²) < 4.78 is 12.6. The fourth-order valence-corrected chi connectivity index (χ4v) is 5.43. The predicted octanol–water partition coefficient (Wildman–Crippen LogP) is 3.91. The van der Waals surface area contributed by atoms with Crippen molar-refractivity contribution in [2.45, 2.75) is 31.4 Å². The molecule has 2 atom stereocenters. The second-order valence-corrected chi connectivity index (χ2v) is 10.4. The second kappa shape index (κ2) is 12.1. The van der Waals surface area contributed by atoms with E-state index in [-0.39, 0.29) is 18.2 Å². The van der Waals surface area contributed by atoms with Crippen LogP contribution in [0.5, 0.6) is 5.88 Å². The van der Waals surface area contributed by atoms with Crippen molar-refractivity contribution in [1.29, 1.82) is 0 Å². The number of rotatable bonds is 9. The number of hydrogen-bond acceptors (Lipinski definition) is 8. The van der Waals surface area contributed by atoms with Gasteiger partial charge in [0.2, 0.25) is 5.88 Å². The van der Waals surface area contributed by atoms with E-state index in [1.807, 2.05) is 55.7 Å². The molecule has 5 aromatic rings. The zero-order valence-electron chi connectivity index (χ0n) is 23.0. The number of aromatic nitrogens is 4. The minimum absolute atomic E-state index is 0.150. The molecule has 3 aromatic heterocycles. The van der Waals surface area contributed by atoms with Gasteiger partial charge in [-0.2, -0.15) is 0 Å². The van der Waals surface area contributed by atoms with Gasteiger partial charge in [-0.05, 0) is 67.6 Å². The highest BCUT2D eigenvalue weighted by Crippen LogP contribution is 2.29. The zero-order valence-corrected chi connectivity index (χ0v) is 23.0. The molecular weight excluding hydrogens is 518 g/mol. The summed E-state index contributed by atoms with van der Waals surface area (Å²) in [6, 6.07) is 17.5. The van der Waals surface area contributed by atoms with Crippen LogP contribution in [0.3, 0.4) is 0 Å². The Balaban J connectivity index is 1.28. The highest BCUT2D eigenvalue weighted by molar-refractivity contribution is 6.06. The molecule has 0 spiro atoms. The molecule has 6 rings (SSSR count). The monoisotopic (exact) mass is 551 g/mol. The number of benzene rings is 2. The van der Waals surface area contributed by atoms with Gasteiger partial charge >= 0.3 is 0 Å². The Morgan fingerprint density at radius 1 is 1.05 bits per heavy atom. The van der Waals surface area contributed by atoms with E-state index in [2.05, 4.69) is 27.4 Å². The van der Waals surface area contributed by atoms with Gasteiger partial charge < -0.3 is 19.9 Å². The second-order valence-electron chi connectivity index (χ2n) is 10.4. The van der Waals surface area contributed by atoms with Crippen LogP contribution in [0.1, 0.15) is 30.0 Å². The van der Waals surface area contributed by atoms with E-state index in [0.717, 1.165) is 46.1 Å². The summed E-state index contributed by atoms with van der Waals surface area (Å²) in [5.41, 5.74) is 4.31. The third-order valence-electron chi connectivity index (χ3n) is 7.60. The van der Waals surface area contributed by atoms with Crippen LogP contribution in [0.2, 0.25) is 0 Å². The molecule has 0 amide bonds. The van der Waals surface area contributed by atoms with Crippen LogP contribution in [0.4, 0.5) is 0 Å². The van der Waals surface area contributed by atoms with E-state index in [1.54, 1.807) is 17.1 Å². The molecule has 210 valence electrons. The molecule has 1 fully saturated rings. The van der Waals surface area contributed by atoms with Crippen molar-refractivity contribution in [3.63, 3.8) is 0 Å². The molecule has 9 heteroatoms. The molecule has 1 saturated heterocycles. The van der Waals surface area contributed by atoms with E-state index < -0.39 is 6.10 Å². The molecule has 1 aliphatic rings. The first-order valence-electron chi connectivity index (χ1n) is 14.0. The van der Waals surface area contributed by atoms with Crippen LogP contribution in [0, 0.1) is 0 Å². The number of aliphatic hydroxyl groups excluding tert-OH is 1. The third-order valence-corrected chi connectivity index (χ3v) is 7.60. The van der Waals surface area contributed by atoms with Crippen LogP contribution in [0.15, 0.2) is 78.1 Å². The van der Waals surface area contributed by atoms with Gasteiger partial charge in [-0.25, -0.2) is 9.97 Å². The smallest absolute Gasteiger partial charge is 0.261 e. The largest absolute Gasteiger partial charge is 0.478 e. The van der Waals surface area contributed by atoms with Gasteiger partial charge in [0, 0.05) is 36.0 Å². The van der Waals surface area contributed by atoms with Crippen LogP contribution in [-0.2, 0) is 11.2 Å². The Morgan fingerprint density at radius 2 is 1.93 bits per heavy atom. The molecule has 1 aliphatic heterocycles. The average molecular weight is 552 g/mol. The van der Waals surface area contributed by atoms with Gasteiger partial charge in [-0.1, -0.05) is 30.3 Å². The maximum absolute atomic E-state index is 13.7. The van der Waals surface area contributed by atoms with Gasteiger partial charge in [0.25, 0.3) is 5.56 Å². The topological polar surface area (TPSA) is 111 Å². The number of nitrogens with zero attached hydrogens (tertiary/aromatic N) is 4. The molecule has 41 heavy (non-hydrogen) atoms. The first-order chi connectivity index (χ1) is 20.1. The van der Waals surface area contributed by atoms with Crippen LogP contribution >= 0.6 is 0 Å². The van der Waals surface area contributed by atoms with Gasteiger partial charge in [0.05, 0.1) is 48.3 Å². The van der Waals surface area contributed by atoms with Crippen LogP contribution in [0.25, 0.3) is 32.9 Å². The number of hydrogen-bond donors (Lipinski definition) is 2. The Bertz CT molecular complexity index is 1700. The maximum Gasteiger partial charge on any atom is 0.261 e. The van der Waals surface area contributed by atoms with Crippen molar-refractivity contribution in [1.82, 2.24) is 24.8 Å². The minimum atomic E-state index is -0.743. The van der Waals surface area contributed by atoms with Crippen molar-refractivity contribution in [2.24, 2.45) is 0 Å². The van der Waals surface area contributed by atoms with E-state index in [1.165, 1.54) is 0 Å². The predicted molar refractivity (Wildman–Crippen MR) is 158 cm³/mol. The summed E-state index contributed by atoms with van der Waals surface area (Å²) in [7, 11) is 1.92. The lowest BCUT2D eigenvalue weighted by Crippen LogP contribution is -2.39. The Kier molecular flexibility index (Phi) is 8.00. The lowest BCUT2D eigenvalue weighted by atomic mass is 9.96. The van der Waals surface area contributed by atoms with Crippen LogP contribution < -0.4 is 15.6 Å². The van der Waals surface area contributed by atoms with E-state index in [0.29, 0.717) is 42.8 Å². The molecule has 0 saturated carbocycles. The molecule has 0 bridgehead atoms. The summed E-state index contributed by atoms with van der Waals surface area (Å²) in [5.74, 6) is 0.601. The lowest BCUT2D eigenvalue weighted by molar-refractivity contribution is -0.0395. The van der Waals surface area contributed by atoms with Gasteiger partial charge in [0.15, 0.2) is 0 Å². The summed E-state index contributed by atoms with van der Waals surface area (Å²) in [6.45, 7) is 2.24. The first-order valence-corrected chi connectivity index (χ1v) is 14.0. The van der Waals surface area contributed by atoms with Gasteiger partial charge in [-0.15, -0.1) is 0 Å². The molecule has 2 N–H and O–H groups in total. The molecule has 4 heterocycles. The number of nitrogens with one attached hydrogen (secondary N) is 1. The number of aliphatic hydroxyl groups is 1. The Morgan fingerprint density at radius 3 is 2.68 bits per heavy atom. The van der Waals surface area contributed by atoms with Crippen molar-refractivity contribution in [2.75, 3.05) is 33.4 Å². The fourth-order valence-electron chi connectivity index (χ4n) is 5.43. The number of ether oxygens (including phenoxy) is 2. The molecule has 9 nitrogen and oxygen atoms in total. The standard InChI is InChI=1S/C32H33N5O4/c1-33-12-4-13-41-30-10-8-22(18-35-30)27-9-7-21(17-34-27)15-23-16-26-31(25-6-3-2-5-24(23)25)36-20-37(32(26)39)28-11-14-40-19-29(28)38/h2-3,5-10,16-18,20,28-29,33,38H,4,11-15,19H2,1H3/t28-,29-/m0/s1. The highest BCUT2D eigenvalue weighted by atomic mass is 16.5. The minimum Gasteiger partial charge on any atom is -0.478 e. The summed E-state index contributed by atoms with van der Waals surface area (Å²) >= 11 is 0. The fraction of sp³-hybridized carbons (Fsp3) is 0.312. The molecule has 0 aliphatic carbocycles. The van der Waals surface area contributed by atoms with E-state index in [4.69, 9.17) is 14.5 Å². The third kappa shape index (κ3) is 5.69. The Labute approximate surface area is 237 Å².